The van der Waals surface area contributed by atoms with Gasteiger partial charge in [0.1, 0.15) is 5.82 Å². The minimum atomic E-state index is -0.150. The minimum Gasteiger partial charge on any atom is -0.311 e. The van der Waals surface area contributed by atoms with Crippen LogP contribution in [0, 0.1) is 0 Å². The molecule has 5 heteroatoms. The first kappa shape index (κ1) is 16.8. The number of anilines is 1. The standard InChI is InChI=1S/C21H23N3O2/c25-19-11-10-17(15-6-2-1-3-7-15)18(19)14-21(26)23-20-12-13-22-24(20)16-8-4-5-9-16/h1-3,6-7,12-13,16H,4-5,8-11,14H2,(H,23,26). The first-order valence-electron chi connectivity index (χ1n) is 9.36. The van der Waals surface area contributed by atoms with Crippen molar-refractivity contribution >= 4 is 23.1 Å². The van der Waals surface area contributed by atoms with Gasteiger partial charge in [0, 0.05) is 18.1 Å². The SMILES string of the molecule is O=C(CC1=C(c2ccccc2)CCC1=O)Nc1ccnn1C1CCCC1. The van der Waals surface area contributed by atoms with Gasteiger partial charge in [-0.1, -0.05) is 43.2 Å². The number of benzene rings is 1. The van der Waals surface area contributed by atoms with Crippen LogP contribution in [0.5, 0.6) is 0 Å². The van der Waals surface area contributed by atoms with Gasteiger partial charge in [-0.25, -0.2) is 4.68 Å². The summed E-state index contributed by atoms with van der Waals surface area (Å²) in [5.41, 5.74) is 2.70. The lowest BCUT2D eigenvalue weighted by Crippen LogP contribution is -2.19. The Hall–Kier alpha value is -2.69. The lowest BCUT2D eigenvalue weighted by atomic mass is 10.00. The molecule has 1 fully saturated rings. The van der Waals surface area contributed by atoms with Crippen LogP contribution in [0.1, 0.15) is 56.6 Å². The third-order valence-corrected chi connectivity index (χ3v) is 5.37. The summed E-state index contributed by atoms with van der Waals surface area (Å²) in [5.74, 6) is 0.668. The van der Waals surface area contributed by atoms with Crippen molar-refractivity contribution in [1.82, 2.24) is 9.78 Å². The number of rotatable bonds is 5. The lowest BCUT2D eigenvalue weighted by Gasteiger charge is -2.15. The largest absolute Gasteiger partial charge is 0.311 e. The Kier molecular flexibility index (Phi) is 4.69. The summed E-state index contributed by atoms with van der Waals surface area (Å²) in [6.07, 6.45) is 7.68. The Morgan fingerprint density at radius 1 is 1.12 bits per heavy atom. The number of allylic oxidation sites excluding steroid dienone is 1. The zero-order chi connectivity index (χ0) is 17.9. The number of hydrogen-bond acceptors (Lipinski definition) is 3. The summed E-state index contributed by atoms with van der Waals surface area (Å²) in [6, 6.07) is 12.1. The number of Topliss-reactive ketones (excluding diaryl/α,β-unsaturated/α-hetero) is 1. The predicted molar refractivity (Wildman–Crippen MR) is 101 cm³/mol. The van der Waals surface area contributed by atoms with Crippen molar-refractivity contribution in [3.8, 4) is 0 Å². The van der Waals surface area contributed by atoms with Gasteiger partial charge in [0.25, 0.3) is 0 Å². The number of amides is 1. The first-order chi connectivity index (χ1) is 12.7. The Balaban J connectivity index is 1.51. The highest BCUT2D eigenvalue weighted by atomic mass is 16.2. The van der Waals surface area contributed by atoms with Gasteiger partial charge in [-0.3, -0.25) is 9.59 Å². The van der Waals surface area contributed by atoms with E-state index in [0.717, 1.165) is 29.8 Å². The lowest BCUT2D eigenvalue weighted by molar-refractivity contribution is -0.119. The van der Waals surface area contributed by atoms with Crippen molar-refractivity contribution in [3.63, 3.8) is 0 Å². The molecule has 0 unspecified atom stereocenters. The third kappa shape index (κ3) is 3.34. The monoisotopic (exact) mass is 349 g/mol. The van der Waals surface area contributed by atoms with Crippen molar-refractivity contribution < 1.29 is 9.59 Å². The van der Waals surface area contributed by atoms with Crippen molar-refractivity contribution in [2.45, 2.75) is 51.0 Å². The molecule has 0 radical (unpaired) electrons. The molecule has 0 saturated heterocycles. The van der Waals surface area contributed by atoms with Gasteiger partial charge >= 0.3 is 0 Å². The quantitative estimate of drug-likeness (QED) is 0.882. The highest BCUT2D eigenvalue weighted by Crippen LogP contribution is 2.34. The number of carbonyl (C=O) groups is 2. The van der Waals surface area contributed by atoms with Gasteiger partial charge in [-0.15, -0.1) is 0 Å². The van der Waals surface area contributed by atoms with Crippen LogP contribution in [0.25, 0.3) is 5.57 Å². The van der Waals surface area contributed by atoms with Crippen LogP contribution < -0.4 is 5.32 Å². The number of aromatic nitrogens is 2. The maximum Gasteiger partial charge on any atom is 0.230 e. The Labute approximate surface area is 153 Å². The zero-order valence-corrected chi connectivity index (χ0v) is 14.8. The molecule has 2 aliphatic carbocycles. The van der Waals surface area contributed by atoms with Crippen LogP contribution in [0.2, 0.25) is 0 Å². The van der Waals surface area contributed by atoms with Crippen LogP contribution in [-0.4, -0.2) is 21.5 Å². The van der Waals surface area contributed by atoms with Gasteiger partial charge < -0.3 is 5.32 Å². The van der Waals surface area contributed by atoms with Gasteiger partial charge in [0.2, 0.25) is 5.91 Å². The second-order valence-corrected chi connectivity index (χ2v) is 7.07. The van der Waals surface area contributed by atoms with Crippen molar-refractivity contribution in [2.75, 3.05) is 5.32 Å². The number of nitrogens with one attached hydrogen (secondary N) is 1. The topological polar surface area (TPSA) is 64.0 Å². The molecule has 1 aromatic heterocycles. The van der Waals surface area contributed by atoms with E-state index < -0.39 is 0 Å². The third-order valence-electron chi connectivity index (χ3n) is 5.37. The first-order valence-corrected chi connectivity index (χ1v) is 9.36. The van der Waals surface area contributed by atoms with Crippen LogP contribution in [0.15, 0.2) is 48.2 Å². The molecule has 1 aromatic carbocycles. The van der Waals surface area contributed by atoms with E-state index in [1.54, 1.807) is 6.20 Å². The molecule has 1 saturated carbocycles. The van der Waals surface area contributed by atoms with Crippen LogP contribution in [-0.2, 0) is 9.59 Å². The average Bonchev–Trinajstić information content (AvgIpc) is 3.38. The van der Waals surface area contributed by atoms with E-state index in [-0.39, 0.29) is 18.1 Å². The Bertz CT molecular complexity index is 845. The number of nitrogens with zero attached hydrogens (tertiary/aromatic N) is 2. The molecule has 1 N–H and O–H groups in total. The van der Waals surface area contributed by atoms with Crippen LogP contribution in [0.4, 0.5) is 5.82 Å². The van der Waals surface area contributed by atoms with E-state index in [2.05, 4.69) is 10.4 Å². The molecule has 1 amide bonds. The summed E-state index contributed by atoms with van der Waals surface area (Å²) < 4.78 is 1.92. The molecular formula is C21H23N3O2. The van der Waals surface area contributed by atoms with Crippen molar-refractivity contribution in [2.24, 2.45) is 0 Å². The molecule has 26 heavy (non-hydrogen) atoms. The van der Waals surface area contributed by atoms with E-state index in [1.807, 2.05) is 41.1 Å². The molecule has 0 bridgehead atoms. The van der Waals surface area contributed by atoms with Crippen molar-refractivity contribution in [1.29, 1.82) is 0 Å². The summed E-state index contributed by atoms with van der Waals surface area (Å²) in [7, 11) is 0. The molecule has 1 heterocycles. The van der Waals surface area contributed by atoms with Crippen LogP contribution in [0.3, 0.4) is 0 Å². The molecule has 0 atom stereocenters. The summed E-state index contributed by atoms with van der Waals surface area (Å²) in [6.45, 7) is 0. The molecule has 2 aromatic rings. The fraction of sp³-hybridized carbons (Fsp3) is 0.381. The highest BCUT2D eigenvalue weighted by molar-refractivity contribution is 6.11. The van der Waals surface area contributed by atoms with E-state index in [9.17, 15) is 9.59 Å². The number of hydrogen-bond donors (Lipinski definition) is 1. The fourth-order valence-corrected chi connectivity index (χ4v) is 4.07. The average molecular weight is 349 g/mol. The highest BCUT2D eigenvalue weighted by Gasteiger charge is 2.26. The second kappa shape index (κ2) is 7.28. The van der Waals surface area contributed by atoms with Gasteiger partial charge in [-0.2, -0.15) is 5.10 Å². The van der Waals surface area contributed by atoms with E-state index in [1.165, 1.54) is 12.8 Å². The van der Waals surface area contributed by atoms with E-state index in [4.69, 9.17) is 0 Å². The summed E-state index contributed by atoms with van der Waals surface area (Å²) in [4.78, 5) is 24.9. The maximum atomic E-state index is 12.6. The van der Waals surface area contributed by atoms with E-state index >= 15 is 0 Å². The molecular weight excluding hydrogens is 326 g/mol. The number of ketones is 1. The van der Waals surface area contributed by atoms with Gasteiger partial charge in [0.05, 0.1) is 18.7 Å². The molecule has 5 nitrogen and oxygen atoms in total. The van der Waals surface area contributed by atoms with Gasteiger partial charge in [-0.05, 0) is 30.4 Å². The maximum absolute atomic E-state index is 12.6. The molecule has 0 spiro atoms. The zero-order valence-electron chi connectivity index (χ0n) is 14.8. The molecule has 134 valence electrons. The van der Waals surface area contributed by atoms with E-state index in [0.29, 0.717) is 24.5 Å². The Morgan fingerprint density at radius 3 is 2.65 bits per heavy atom. The normalized spacial score (nSPS) is 17.9. The molecule has 2 aliphatic rings. The number of carbonyl (C=O) groups excluding carboxylic acids is 2. The Morgan fingerprint density at radius 2 is 1.88 bits per heavy atom. The second-order valence-electron chi connectivity index (χ2n) is 7.07. The van der Waals surface area contributed by atoms with Crippen molar-refractivity contribution in [3.05, 3.63) is 53.7 Å². The fourth-order valence-electron chi connectivity index (χ4n) is 4.07. The smallest absolute Gasteiger partial charge is 0.230 e. The molecule has 4 rings (SSSR count). The van der Waals surface area contributed by atoms with Crippen LogP contribution >= 0.6 is 0 Å². The predicted octanol–water partition coefficient (Wildman–Crippen LogP) is 4.14. The summed E-state index contributed by atoms with van der Waals surface area (Å²) in [5, 5.41) is 7.35. The molecule has 0 aliphatic heterocycles. The summed E-state index contributed by atoms with van der Waals surface area (Å²) >= 11 is 0. The minimum absolute atomic E-state index is 0.0864. The van der Waals surface area contributed by atoms with Gasteiger partial charge in [0.15, 0.2) is 5.78 Å².